The predicted molar refractivity (Wildman–Crippen MR) is 87.4 cm³/mol. The second kappa shape index (κ2) is 4.90. The summed E-state index contributed by atoms with van der Waals surface area (Å²) in [5.74, 6) is 0.315. The minimum absolute atomic E-state index is 0.189. The van der Waals surface area contributed by atoms with Crippen LogP contribution in [-0.4, -0.2) is 14.9 Å². The minimum atomic E-state index is -0.194. The zero-order valence-electron chi connectivity index (χ0n) is 14.2. The molecule has 21 heavy (non-hydrogen) atoms. The zero-order valence-corrected chi connectivity index (χ0v) is 14.2. The van der Waals surface area contributed by atoms with Gasteiger partial charge in [-0.3, -0.25) is 0 Å². The molecule has 3 nitrogen and oxygen atoms in total. The second-order valence-corrected chi connectivity index (χ2v) is 7.79. The molecule has 3 heteroatoms. The summed E-state index contributed by atoms with van der Waals surface area (Å²) in [5, 5.41) is 15.4. The standard InChI is InChI=1S/C18H26N2O/c1-12-8-10-13(11-9-12)20-16(18(5,6)7)14(21)15(19-20)17(2,3)4/h8-11,21H,1-7H3. The second-order valence-electron chi connectivity index (χ2n) is 7.79. The predicted octanol–water partition coefficient (Wildman–Crippen LogP) is 4.48. The molecular weight excluding hydrogens is 260 g/mol. The van der Waals surface area contributed by atoms with Crippen LogP contribution in [0.2, 0.25) is 0 Å². The third-order valence-electron chi connectivity index (χ3n) is 3.56. The maximum absolute atomic E-state index is 10.7. The first-order chi connectivity index (χ1) is 9.51. The summed E-state index contributed by atoms with van der Waals surface area (Å²) in [6, 6.07) is 8.22. The number of aromatic nitrogens is 2. The normalized spacial score (nSPS) is 12.7. The van der Waals surface area contributed by atoms with E-state index in [0.717, 1.165) is 17.1 Å². The van der Waals surface area contributed by atoms with E-state index in [9.17, 15) is 5.11 Å². The first-order valence-electron chi connectivity index (χ1n) is 7.42. The van der Waals surface area contributed by atoms with E-state index in [1.54, 1.807) is 0 Å². The fourth-order valence-electron chi connectivity index (χ4n) is 2.46. The highest BCUT2D eigenvalue weighted by atomic mass is 16.3. The van der Waals surface area contributed by atoms with Crippen molar-refractivity contribution >= 4 is 0 Å². The first kappa shape index (κ1) is 15.6. The largest absolute Gasteiger partial charge is 0.504 e. The highest BCUT2D eigenvalue weighted by Crippen LogP contribution is 2.39. The average molecular weight is 286 g/mol. The Morgan fingerprint density at radius 2 is 1.43 bits per heavy atom. The molecule has 1 aromatic carbocycles. The molecule has 0 amide bonds. The molecule has 2 rings (SSSR count). The lowest BCUT2D eigenvalue weighted by Crippen LogP contribution is -2.17. The van der Waals surface area contributed by atoms with Gasteiger partial charge in [-0.15, -0.1) is 0 Å². The van der Waals surface area contributed by atoms with Gasteiger partial charge in [-0.25, -0.2) is 4.68 Å². The molecule has 0 bridgehead atoms. The van der Waals surface area contributed by atoms with Crippen molar-refractivity contribution in [3.05, 3.63) is 41.2 Å². The van der Waals surface area contributed by atoms with Crippen LogP contribution in [-0.2, 0) is 10.8 Å². The van der Waals surface area contributed by atoms with E-state index < -0.39 is 0 Å². The van der Waals surface area contributed by atoms with Gasteiger partial charge in [-0.2, -0.15) is 5.10 Å². The van der Waals surface area contributed by atoms with Crippen LogP contribution in [0.15, 0.2) is 24.3 Å². The molecule has 0 saturated carbocycles. The molecule has 114 valence electrons. The number of hydrogen-bond donors (Lipinski definition) is 1. The van der Waals surface area contributed by atoms with Gasteiger partial charge in [0.1, 0.15) is 5.69 Å². The Hall–Kier alpha value is -1.77. The van der Waals surface area contributed by atoms with Crippen LogP contribution in [0, 0.1) is 6.92 Å². The van der Waals surface area contributed by atoms with Crippen molar-refractivity contribution < 1.29 is 5.11 Å². The molecule has 0 unspecified atom stereocenters. The Balaban J connectivity index is 2.73. The van der Waals surface area contributed by atoms with Gasteiger partial charge in [0.05, 0.1) is 11.4 Å². The summed E-state index contributed by atoms with van der Waals surface area (Å²) in [5.41, 5.74) is 3.41. The van der Waals surface area contributed by atoms with Crippen molar-refractivity contribution in [1.29, 1.82) is 0 Å². The summed E-state index contributed by atoms with van der Waals surface area (Å²) in [6.45, 7) is 14.6. The molecule has 0 atom stereocenters. The number of benzene rings is 1. The van der Waals surface area contributed by atoms with Gasteiger partial charge in [-0.1, -0.05) is 59.2 Å². The Labute approximate surface area is 127 Å². The number of nitrogens with zero attached hydrogens (tertiary/aromatic N) is 2. The quantitative estimate of drug-likeness (QED) is 0.839. The van der Waals surface area contributed by atoms with Crippen molar-refractivity contribution in [3.63, 3.8) is 0 Å². The van der Waals surface area contributed by atoms with Gasteiger partial charge in [-0.05, 0) is 19.1 Å². The SMILES string of the molecule is Cc1ccc(-n2nc(C(C)(C)C)c(O)c2C(C)(C)C)cc1. The summed E-state index contributed by atoms with van der Waals surface area (Å²) in [4.78, 5) is 0. The highest BCUT2D eigenvalue weighted by molar-refractivity contribution is 5.46. The summed E-state index contributed by atoms with van der Waals surface area (Å²) in [7, 11) is 0. The summed E-state index contributed by atoms with van der Waals surface area (Å²) < 4.78 is 1.88. The molecule has 0 fully saturated rings. The molecule has 1 N–H and O–H groups in total. The van der Waals surface area contributed by atoms with Crippen molar-refractivity contribution in [1.82, 2.24) is 9.78 Å². The lowest BCUT2D eigenvalue weighted by atomic mass is 9.86. The van der Waals surface area contributed by atoms with E-state index in [-0.39, 0.29) is 10.8 Å². The van der Waals surface area contributed by atoms with Crippen LogP contribution in [0.25, 0.3) is 5.69 Å². The summed E-state index contributed by atoms with van der Waals surface area (Å²) >= 11 is 0. The molecule has 0 aliphatic carbocycles. The van der Waals surface area contributed by atoms with Gasteiger partial charge in [0.15, 0.2) is 5.75 Å². The van der Waals surface area contributed by atoms with E-state index in [0.29, 0.717) is 5.75 Å². The maximum Gasteiger partial charge on any atom is 0.161 e. The van der Waals surface area contributed by atoms with E-state index in [2.05, 4.69) is 60.6 Å². The average Bonchev–Trinajstić information content (AvgIpc) is 2.67. The molecule has 1 aromatic heterocycles. The monoisotopic (exact) mass is 286 g/mol. The van der Waals surface area contributed by atoms with Crippen LogP contribution in [0.4, 0.5) is 0 Å². The zero-order chi connectivity index (χ0) is 16.0. The molecule has 2 aromatic rings. The van der Waals surface area contributed by atoms with Gasteiger partial charge < -0.3 is 5.11 Å². The Morgan fingerprint density at radius 1 is 0.905 bits per heavy atom. The third-order valence-corrected chi connectivity index (χ3v) is 3.56. The topological polar surface area (TPSA) is 38.0 Å². The van der Waals surface area contributed by atoms with Crippen LogP contribution in [0.1, 0.15) is 58.5 Å². The maximum atomic E-state index is 10.7. The lowest BCUT2D eigenvalue weighted by molar-refractivity contribution is 0.422. The highest BCUT2D eigenvalue weighted by Gasteiger charge is 2.32. The molecule has 0 saturated heterocycles. The smallest absolute Gasteiger partial charge is 0.161 e. The molecule has 1 heterocycles. The van der Waals surface area contributed by atoms with Gasteiger partial charge in [0.2, 0.25) is 0 Å². The van der Waals surface area contributed by atoms with Crippen LogP contribution >= 0.6 is 0 Å². The van der Waals surface area contributed by atoms with Crippen molar-refractivity contribution in [3.8, 4) is 11.4 Å². The van der Waals surface area contributed by atoms with E-state index in [4.69, 9.17) is 5.10 Å². The van der Waals surface area contributed by atoms with Crippen molar-refractivity contribution in [2.24, 2.45) is 0 Å². The number of aromatic hydroxyl groups is 1. The summed E-state index contributed by atoms with van der Waals surface area (Å²) in [6.07, 6.45) is 0. The van der Waals surface area contributed by atoms with Crippen LogP contribution in [0.3, 0.4) is 0 Å². The minimum Gasteiger partial charge on any atom is -0.504 e. The van der Waals surface area contributed by atoms with E-state index in [1.807, 2.05) is 16.8 Å². The molecule has 0 aliphatic heterocycles. The molecule has 0 spiro atoms. The van der Waals surface area contributed by atoms with E-state index >= 15 is 0 Å². The third kappa shape index (κ3) is 2.97. The van der Waals surface area contributed by atoms with Gasteiger partial charge in [0, 0.05) is 10.8 Å². The molecular formula is C18H26N2O. The van der Waals surface area contributed by atoms with Gasteiger partial charge >= 0.3 is 0 Å². The Bertz CT molecular complexity index is 638. The fraction of sp³-hybridized carbons (Fsp3) is 0.500. The number of aryl methyl sites for hydroxylation is 1. The van der Waals surface area contributed by atoms with Crippen molar-refractivity contribution in [2.75, 3.05) is 0 Å². The van der Waals surface area contributed by atoms with Crippen molar-refractivity contribution in [2.45, 2.75) is 59.3 Å². The van der Waals surface area contributed by atoms with E-state index in [1.165, 1.54) is 5.56 Å². The number of hydrogen-bond acceptors (Lipinski definition) is 2. The lowest BCUT2D eigenvalue weighted by Gasteiger charge is -2.21. The van der Waals surface area contributed by atoms with Crippen LogP contribution in [0.5, 0.6) is 5.75 Å². The fourth-order valence-corrected chi connectivity index (χ4v) is 2.46. The molecule has 0 aliphatic rings. The number of rotatable bonds is 1. The first-order valence-corrected chi connectivity index (χ1v) is 7.42. The van der Waals surface area contributed by atoms with Crippen LogP contribution < -0.4 is 0 Å². The Kier molecular flexibility index (Phi) is 3.64. The Morgan fingerprint density at radius 3 is 1.86 bits per heavy atom. The van der Waals surface area contributed by atoms with Gasteiger partial charge in [0.25, 0.3) is 0 Å². The molecule has 0 radical (unpaired) electrons.